The largest absolute Gasteiger partial charge is 0.465 e. The maximum atomic E-state index is 12.4. The number of hydrogen-bond donors (Lipinski definition) is 2. The topological polar surface area (TPSA) is 71.3 Å². The van der Waals surface area contributed by atoms with E-state index in [-0.39, 0.29) is 6.54 Å². The van der Waals surface area contributed by atoms with Gasteiger partial charge in [0.15, 0.2) is 0 Å². The van der Waals surface area contributed by atoms with E-state index in [0.29, 0.717) is 17.2 Å². The number of rotatable bonds is 7. The van der Waals surface area contributed by atoms with E-state index in [9.17, 15) is 8.42 Å². The number of nitrogens with one attached hydrogen (secondary N) is 2. The maximum absolute atomic E-state index is 12.4. The second-order valence-electron chi connectivity index (χ2n) is 4.72. The van der Waals surface area contributed by atoms with Crippen LogP contribution in [0.15, 0.2) is 45.7 Å². The fourth-order valence-electron chi connectivity index (χ4n) is 2.00. The van der Waals surface area contributed by atoms with Gasteiger partial charge in [-0.1, -0.05) is 25.1 Å². The van der Waals surface area contributed by atoms with Crippen LogP contribution < -0.4 is 10.0 Å². The average molecular weight is 308 g/mol. The molecule has 0 aliphatic rings. The van der Waals surface area contributed by atoms with Gasteiger partial charge in [-0.25, -0.2) is 13.1 Å². The highest BCUT2D eigenvalue weighted by atomic mass is 32.2. The van der Waals surface area contributed by atoms with E-state index in [2.05, 4.69) is 10.0 Å². The van der Waals surface area contributed by atoms with Crippen LogP contribution in [0, 0.1) is 6.92 Å². The van der Waals surface area contributed by atoms with Crippen molar-refractivity contribution in [3.63, 3.8) is 0 Å². The molecule has 114 valence electrons. The predicted molar refractivity (Wildman–Crippen MR) is 81.3 cm³/mol. The molecule has 21 heavy (non-hydrogen) atoms. The molecule has 0 bridgehead atoms. The molecule has 0 unspecified atom stereocenters. The first-order chi connectivity index (χ1) is 10.0. The normalized spacial score (nSPS) is 11.7. The summed E-state index contributed by atoms with van der Waals surface area (Å²) in [6.45, 7) is 5.25. The van der Waals surface area contributed by atoms with Gasteiger partial charge in [0.1, 0.15) is 11.5 Å². The van der Waals surface area contributed by atoms with Crippen LogP contribution in [0.1, 0.15) is 24.0 Å². The molecule has 0 aliphatic carbocycles. The van der Waals surface area contributed by atoms with Crippen molar-refractivity contribution in [1.82, 2.24) is 10.0 Å². The fraction of sp³-hybridized carbons (Fsp3) is 0.333. The summed E-state index contributed by atoms with van der Waals surface area (Å²) >= 11 is 0. The first-order valence-corrected chi connectivity index (χ1v) is 8.35. The number of benzene rings is 1. The molecule has 6 heteroatoms. The van der Waals surface area contributed by atoms with E-state index in [4.69, 9.17) is 4.42 Å². The number of aryl methyl sites for hydroxylation is 1. The molecule has 0 aliphatic heterocycles. The lowest BCUT2D eigenvalue weighted by Gasteiger charge is -2.11. The first-order valence-electron chi connectivity index (χ1n) is 6.86. The van der Waals surface area contributed by atoms with Crippen LogP contribution in [0.25, 0.3) is 0 Å². The van der Waals surface area contributed by atoms with Crippen LogP contribution in [0.4, 0.5) is 0 Å². The lowest BCUT2D eigenvalue weighted by molar-refractivity contribution is 0.475. The van der Waals surface area contributed by atoms with Gasteiger partial charge < -0.3 is 9.73 Å². The third kappa shape index (κ3) is 4.17. The Morgan fingerprint density at radius 2 is 1.86 bits per heavy atom. The van der Waals surface area contributed by atoms with E-state index in [1.807, 2.05) is 32.0 Å². The third-order valence-electron chi connectivity index (χ3n) is 3.06. The maximum Gasteiger partial charge on any atom is 0.241 e. The van der Waals surface area contributed by atoms with Crippen molar-refractivity contribution in [2.75, 3.05) is 6.54 Å². The molecule has 2 aromatic rings. The van der Waals surface area contributed by atoms with Crippen LogP contribution in [-0.4, -0.2) is 15.0 Å². The highest BCUT2D eigenvalue weighted by Gasteiger charge is 2.18. The van der Waals surface area contributed by atoms with Crippen LogP contribution in [-0.2, 0) is 23.1 Å². The summed E-state index contributed by atoms with van der Waals surface area (Å²) in [7, 11) is -3.56. The minimum Gasteiger partial charge on any atom is -0.465 e. The van der Waals surface area contributed by atoms with Crippen molar-refractivity contribution in [1.29, 1.82) is 0 Å². The molecule has 0 saturated heterocycles. The lowest BCUT2D eigenvalue weighted by atomic mass is 10.2. The highest BCUT2D eigenvalue weighted by Crippen LogP contribution is 2.16. The van der Waals surface area contributed by atoms with E-state index < -0.39 is 10.0 Å². The zero-order valence-corrected chi connectivity index (χ0v) is 13.0. The monoisotopic (exact) mass is 308 g/mol. The number of hydrogen-bond acceptors (Lipinski definition) is 4. The highest BCUT2D eigenvalue weighted by molar-refractivity contribution is 7.89. The average Bonchev–Trinajstić information content (AvgIpc) is 2.89. The molecule has 2 N–H and O–H groups in total. The van der Waals surface area contributed by atoms with Gasteiger partial charge in [0.2, 0.25) is 10.0 Å². The summed E-state index contributed by atoms with van der Waals surface area (Å²) in [5, 5.41) is 3.14. The van der Waals surface area contributed by atoms with Crippen molar-refractivity contribution >= 4 is 10.0 Å². The molecule has 1 aromatic heterocycles. The molecule has 1 heterocycles. The van der Waals surface area contributed by atoms with Crippen LogP contribution >= 0.6 is 0 Å². The summed E-state index contributed by atoms with van der Waals surface area (Å²) in [5.41, 5.74) is 0.752. The molecule has 0 fully saturated rings. The molecule has 2 rings (SSSR count). The van der Waals surface area contributed by atoms with Crippen LogP contribution in [0.2, 0.25) is 0 Å². The first kappa shape index (κ1) is 15.8. The predicted octanol–water partition coefficient (Wildman–Crippen LogP) is 2.18. The minimum absolute atomic E-state index is 0.145. The Labute approximate surface area is 125 Å². The van der Waals surface area contributed by atoms with Crippen molar-refractivity contribution in [2.24, 2.45) is 0 Å². The van der Waals surface area contributed by atoms with E-state index in [0.717, 1.165) is 17.9 Å². The Morgan fingerprint density at radius 3 is 2.52 bits per heavy atom. The van der Waals surface area contributed by atoms with Crippen molar-refractivity contribution < 1.29 is 12.8 Å². The summed E-state index contributed by atoms with van der Waals surface area (Å²) < 4.78 is 32.8. The summed E-state index contributed by atoms with van der Waals surface area (Å²) in [6.07, 6.45) is 0. The fourth-order valence-corrected chi connectivity index (χ4v) is 3.23. The van der Waals surface area contributed by atoms with Crippen LogP contribution in [0.5, 0.6) is 0 Å². The smallest absolute Gasteiger partial charge is 0.241 e. The van der Waals surface area contributed by atoms with E-state index in [1.165, 1.54) is 0 Å². The van der Waals surface area contributed by atoms with Gasteiger partial charge in [-0.05, 0) is 37.2 Å². The molecule has 5 nitrogen and oxygen atoms in total. The Kier molecular flexibility index (Phi) is 5.17. The molecule has 0 spiro atoms. The summed E-state index contributed by atoms with van der Waals surface area (Å²) in [6, 6.07) is 10.6. The Balaban J connectivity index is 2.15. The molecule has 0 atom stereocenters. The van der Waals surface area contributed by atoms with Gasteiger partial charge in [-0.15, -0.1) is 0 Å². The zero-order valence-electron chi connectivity index (χ0n) is 12.2. The van der Waals surface area contributed by atoms with Gasteiger partial charge in [-0.3, -0.25) is 0 Å². The van der Waals surface area contributed by atoms with Gasteiger partial charge in [0, 0.05) is 6.54 Å². The van der Waals surface area contributed by atoms with Gasteiger partial charge in [0.25, 0.3) is 0 Å². The standard InChI is InChI=1S/C15H20N2O3S/c1-3-16-10-13-6-4-5-7-15(13)21(18,19)17-11-14-9-8-12(2)20-14/h4-9,16-17H,3,10-11H2,1-2H3. The Bertz CT molecular complexity index is 692. The molecule has 0 saturated carbocycles. The van der Waals surface area contributed by atoms with Crippen molar-refractivity contribution in [3.8, 4) is 0 Å². The third-order valence-corrected chi connectivity index (χ3v) is 4.56. The second-order valence-corrected chi connectivity index (χ2v) is 6.46. The molecule has 0 radical (unpaired) electrons. The van der Waals surface area contributed by atoms with E-state index >= 15 is 0 Å². The second kappa shape index (κ2) is 6.89. The Morgan fingerprint density at radius 1 is 1.10 bits per heavy atom. The number of furan rings is 1. The molecular formula is C15H20N2O3S. The summed E-state index contributed by atoms with van der Waals surface area (Å²) in [4.78, 5) is 0.300. The zero-order chi connectivity index (χ0) is 15.3. The lowest BCUT2D eigenvalue weighted by Crippen LogP contribution is -2.25. The Hall–Kier alpha value is -1.63. The molecular weight excluding hydrogens is 288 g/mol. The number of sulfonamides is 1. The van der Waals surface area contributed by atoms with Gasteiger partial charge >= 0.3 is 0 Å². The van der Waals surface area contributed by atoms with Gasteiger partial charge in [-0.2, -0.15) is 0 Å². The quantitative estimate of drug-likeness (QED) is 0.822. The van der Waals surface area contributed by atoms with Gasteiger partial charge in [0.05, 0.1) is 11.4 Å². The minimum atomic E-state index is -3.56. The molecule has 0 amide bonds. The van der Waals surface area contributed by atoms with E-state index in [1.54, 1.807) is 18.2 Å². The van der Waals surface area contributed by atoms with Crippen LogP contribution in [0.3, 0.4) is 0 Å². The molecule has 1 aromatic carbocycles. The SMILES string of the molecule is CCNCc1ccccc1S(=O)(=O)NCc1ccc(C)o1. The van der Waals surface area contributed by atoms with Crippen molar-refractivity contribution in [2.45, 2.75) is 31.8 Å². The van der Waals surface area contributed by atoms with Crippen molar-refractivity contribution in [3.05, 3.63) is 53.5 Å². The summed E-state index contributed by atoms with van der Waals surface area (Å²) in [5.74, 6) is 1.36.